The van der Waals surface area contributed by atoms with E-state index in [-0.39, 0.29) is 0 Å². The van der Waals surface area contributed by atoms with Crippen LogP contribution < -0.4 is 5.73 Å². The minimum absolute atomic E-state index is 0.416. The van der Waals surface area contributed by atoms with Crippen LogP contribution in [-0.2, 0) is 5.54 Å². The molecule has 0 spiro atoms. The highest BCUT2D eigenvalue weighted by molar-refractivity contribution is 5.73. The van der Waals surface area contributed by atoms with Gasteiger partial charge in [0.2, 0.25) is 0 Å². The maximum absolute atomic E-state index is 6.28. The highest BCUT2D eigenvalue weighted by Gasteiger charge is 2.29. The predicted octanol–water partition coefficient (Wildman–Crippen LogP) is 1.75. The van der Waals surface area contributed by atoms with E-state index < -0.39 is 5.54 Å². The van der Waals surface area contributed by atoms with Crippen molar-refractivity contribution in [1.29, 1.82) is 0 Å². The SMILES string of the molecule is CCC(N)(CC)c1noc(-c2cnn3ccncc23)n1. The zero-order valence-electron chi connectivity index (χ0n) is 11.4. The maximum Gasteiger partial charge on any atom is 0.261 e. The first kappa shape index (κ1) is 12.7. The first-order chi connectivity index (χ1) is 9.68. The molecule has 0 saturated carbocycles. The summed E-state index contributed by atoms with van der Waals surface area (Å²) in [7, 11) is 0. The zero-order chi connectivity index (χ0) is 14.2. The summed E-state index contributed by atoms with van der Waals surface area (Å²) in [5.74, 6) is 0.945. The second kappa shape index (κ2) is 4.68. The van der Waals surface area contributed by atoms with Gasteiger partial charge in [0, 0.05) is 12.4 Å². The number of hydrogen-bond donors (Lipinski definition) is 1. The van der Waals surface area contributed by atoms with Crippen LogP contribution in [0, 0.1) is 0 Å². The second-order valence-corrected chi connectivity index (χ2v) is 4.75. The van der Waals surface area contributed by atoms with Crippen molar-refractivity contribution in [2.24, 2.45) is 5.73 Å². The van der Waals surface area contributed by atoms with E-state index >= 15 is 0 Å². The van der Waals surface area contributed by atoms with Gasteiger partial charge >= 0.3 is 0 Å². The summed E-state index contributed by atoms with van der Waals surface area (Å²) in [6.45, 7) is 4.03. The van der Waals surface area contributed by atoms with Crippen LogP contribution in [0.4, 0.5) is 0 Å². The minimum atomic E-state index is -0.553. The predicted molar refractivity (Wildman–Crippen MR) is 72.7 cm³/mol. The van der Waals surface area contributed by atoms with Gasteiger partial charge in [-0.25, -0.2) is 4.52 Å². The molecule has 0 saturated heterocycles. The van der Waals surface area contributed by atoms with Gasteiger partial charge in [-0.05, 0) is 12.8 Å². The molecule has 20 heavy (non-hydrogen) atoms. The molecule has 0 amide bonds. The van der Waals surface area contributed by atoms with Crippen LogP contribution in [-0.4, -0.2) is 24.7 Å². The van der Waals surface area contributed by atoms with E-state index in [0.29, 0.717) is 11.7 Å². The monoisotopic (exact) mass is 272 g/mol. The molecule has 0 aliphatic rings. The van der Waals surface area contributed by atoms with Crippen LogP contribution >= 0.6 is 0 Å². The Bertz CT molecular complexity index is 727. The Balaban J connectivity index is 2.06. The number of hydrogen-bond acceptors (Lipinski definition) is 6. The van der Waals surface area contributed by atoms with Crippen molar-refractivity contribution in [3.05, 3.63) is 30.6 Å². The zero-order valence-corrected chi connectivity index (χ0v) is 11.4. The summed E-state index contributed by atoms with van der Waals surface area (Å²) in [6.07, 6.45) is 8.33. The lowest BCUT2D eigenvalue weighted by atomic mass is 9.93. The van der Waals surface area contributed by atoms with Gasteiger partial charge in [-0.3, -0.25) is 4.98 Å². The van der Waals surface area contributed by atoms with E-state index in [4.69, 9.17) is 10.3 Å². The van der Waals surface area contributed by atoms with Crippen molar-refractivity contribution in [2.45, 2.75) is 32.2 Å². The fraction of sp³-hybridized carbons (Fsp3) is 0.385. The Morgan fingerprint density at radius 3 is 2.85 bits per heavy atom. The number of rotatable bonds is 4. The fourth-order valence-electron chi connectivity index (χ4n) is 2.10. The van der Waals surface area contributed by atoms with Gasteiger partial charge in [0.15, 0.2) is 5.82 Å². The van der Waals surface area contributed by atoms with Crippen molar-refractivity contribution in [3.8, 4) is 11.5 Å². The van der Waals surface area contributed by atoms with Crippen LogP contribution in [0.3, 0.4) is 0 Å². The number of aromatic nitrogens is 5. The minimum Gasteiger partial charge on any atom is -0.334 e. The Labute approximate surface area is 115 Å². The molecule has 0 radical (unpaired) electrons. The molecule has 0 aliphatic carbocycles. The summed E-state index contributed by atoms with van der Waals surface area (Å²) < 4.78 is 7.05. The quantitative estimate of drug-likeness (QED) is 0.777. The molecule has 0 aromatic carbocycles. The molecule has 0 fully saturated rings. The molecule has 104 valence electrons. The van der Waals surface area contributed by atoms with Gasteiger partial charge in [-0.15, -0.1) is 0 Å². The molecule has 0 unspecified atom stereocenters. The van der Waals surface area contributed by atoms with Crippen molar-refractivity contribution >= 4 is 5.52 Å². The Hall–Kier alpha value is -2.28. The van der Waals surface area contributed by atoms with Crippen molar-refractivity contribution in [1.82, 2.24) is 24.7 Å². The van der Waals surface area contributed by atoms with Crippen LogP contribution in [0.5, 0.6) is 0 Å². The summed E-state index contributed by atoms with van der Waals surface area (Å²) in [6, 6.07) is 0. The van der Waals surface area contributed by atoms with Gasteiger partial charge in [-0.2, -0.15) is 10.1 Å². The van der Waals surface area contributed by atoms with Gasteiger partial charge < -0.3 is 10.3 Å². The third kappa shape index (κ3) is 1.87. The standard InChI is InChI=1S/C13H16N6O/c1-3-13(14,4-2)12-17-11(20-18-12)9-7-16-19-6-5-15-8-10(9)19/h5-8H,3-4,14H2,1-2H3. The Morgan fingerprint density at radius 2 is 2.10 bits per heavy atom. The topological polar surface area (TPSA) is 95.1 Å². The first-order valence-corrected chi connectivity index (χ1v) is 6.58. The van der Waals surface area contributed by atoms with E-state index in [1.54, 1.807) is 29.3 Å². The van der Waals surface area contributed by atoms with Crippen LogP contribution in [0.2, 0.25) is 0 Å². The molecule has 7 heteroatoms. The van der Waals surface area contributed by atoms with E-state index in [9.17, 15) is 0 Å². The molecule has 3 heterocycles. The van der Waals surface area contributed by atoms with E-state index in [2.05, 4.69) is 20.2 Å². The van der Waals surface area contributed by atoms with Gasteiger partial charge in [-0.1, -0.05) is 19.0 Å². The summed E-state index contributed by atoms with van der Waals surface area (Å²) in [5.41, 5.74) is 7.30. The molecule has 3 rings (SSSR count). The fourth-order valence-corrected chi connectivity index (χ4v) is 2.10. The largest absolute Gasteiger partial charge is 0.334 e. The van der Waals surface area contributed by atoms with Crippen LogP contribution in [0.15, 0.2) is 29.3 Å². The Kier molecular flexibility index (Phi) is 2.98. The normalized spacial score (nSPS) is 12.2. The third-order valence-electron chi connectivity index (χ3n) is 3.69. The Morgan fingerprint density at radius 1 is 1.30 bits per heavy atom. The van der Waals surface area contributed by atoms with Gasteiger partial charge in [0.25, 0.3) is 5.89 Å². The highest BCUT2D eigenvalue weighted by atomic mass is 16.5. The van der Waals surface area contributed by atoms with Gasteiger partial charge in [0.05, 0.1) is 29.0 Å². The summed E-state index contributed by atoms with van der Waals surface area (Å²) in [4.78, 5) is 8.52. The van der Waals surface area contributed by atoms with Crippen molar-refractivity contribution < 1.29 is 4.52 Å². The lowest BCUT2D eigenvalue weighted by Crippen LogP contribution is -2.36. The average Bonchev–Trinajstić information content (AvgIpc) is 3.12. The molecule has 0 bridgehead atoms. The van der Waals surface area contributed by atoms with E-state index in [1.807, 2.05) is 13.8 Å². The molecule has 3 aromatic heterocycles. The molecular formula is C13H16N6O. The molecule has 7 nitrogen and oxygen atoms in total. The maximum atomic E-state index is 6.28. The van der Waals surface area contributed by atoms with Crippen molar-refractivity contribution in [2.75, 3.05) is 0 Å². The molecular weight excluding hydrogens is 256 g/mol. The average molecular weight is 272 g/mol. The molecule has 0 atom stereocenters. The highest BCUT2D eigenvalue weighted by Crippen LogP contribution is 2.27. The number of nitrogens with zero attached hydrogens (tertiary/aromatic N) is 5. The smallest absolute Gasteiger partial charge is 0.261 e. The molecule has 0 aliphatic heterocycles. The summed E-state index contributed by atoms with van der Waals surface area (Å²) >= 11 is 0. The molecule has 2 N–H and O–H groups in total. The van der Waals surface area contributed by atoms with E-state index in [1.165, 1.54) is 0 Å². The van der Waals surface area contributed by atoms with Crippen molar-refractivity contribution in [3.63, 3.8) is 0 Å². The first-order valence-electron chi connectivity index (χ1n) is 6.58. The number of fused-ring (bicyclic) bond motifs is 1. The lowest BCUT2D eigenvalue weighted by molar-refractivity contribution is 0.350. The van der Waals surface area contributed by atoms with Crippen LogP contribution in [0.1, 0.15) is 32.5 Å². The van der Waals surface area contributed by atoms with Crippen LogP contribution in [0.25, 0.3) is 17.0 Å². The third-order valence-corrected chi connectivity index (χ3v) is 3.69. The second-order valence-electron chi connectivity index (χ2n) is 4.75. The van der Waals surface area contributed by atoms with Gasteiger partial charge in [0.1, 0.15) is 0 Å². The van der Waals surface area contributed by atoms with E-state index in [0.717, 1.165) is 23.9 Å². The summed E-state index contributed by atoms with van der Waals surface area (Å²) in [5, 5.41) is 8.25. The molecule has 3 aromatic rings. The number of nitrogens with two attached hydrogens (primary N) is 1. The lowest BCUT2D eigenvalue weighted by Gasteiger charge is -2.21.